The smallest absolute Gasteiger partial charge is 0.127 e. The number of hydrogen-bond acceptors (Lipinski definition) is 3. The van der Waals surface area contributed by atoms with E-state index < -0.39 is 0 Å². The zero-order valence-corrected chi connectivity index (χ0v) is 36.9. The maximum atomic E-state index is 7.97. The summed E-state index contributed by atoms with van der Waals surface area (Å²) in [6.07, 6.45) is 7.07. The molecule has 0 saturated heterocycles. The van der Waals surface area contributed by atoms with Crippen LogP contribution in [0.15, 0.2) is 146 Å². The van der Waals surface area contributed by atoms with Crippen LogP contribution in [0.25, 0.3) is 0 Å². The molecular formula is C56H66O3. The SMILES string of the molecule is CCc1ccc(C(C)(CC)C(Cc2cccc(Oc3ccccc3)c2)OC(Cc2cccc(Oc3ccccc3)c2)C(C)(CC)c2ccc(CC)c(CC)c2)cc1CC. The molecule has 0 amide bonds. The summed E-state index contributed by atoms with van der Waals surface area (Å²) in [7, 11) is 0. The fourth-order valence-electron chi connectivity index (χ4n) is 8.74. The van der Waals surface area contributed by atoms with Gasteiger partial charge in [-0.1, -0.05) is 152 Å². The summed E-state index contributed by atoms with van der Waals surface area (Å²) in [5.41, 5.74) is 10.2. The van der Waals surface area contributed by atoms with E-state index in [1.165, 1.54) is 44.5 Å². The van der Waals surface area contributed by atoms with Gasteiger partial charge in [0.25, 0.3) is 0 Å². The third-order valence-corrected chi connectivity index (χ3v) is 13.1. The zero-order chi connectivity index (χ0) is 41.8. The fraction of sp³-hybridized carbons (Fsp3) is 0.357. The van der Waals surface area contributed by atoms with Crippen molar-refractivity contribution in [3.8, 4) is 23.0 Å². The molecule has 0 radical (unpaired) electrons. The summed E-state index contributed by atoms with van der Waals surface area (Å²) in [5, 5.41) is 0. The molecule has 0 aromatic heterocycles. The number of aryl methyl sites for hydroxylation is 4. The Bertz CT molecular complexity index is 2070. The maximum absolute atomic E-state index is 7.97. The fourth-order valence-corrected chi connectivity index (χ4v) is 8.74. The highest BCUT2D eigenvalue weighted by Crippen LogP contribution is 2.43. The van der Waals surface area contributed by atoms with Gasteiger partial charge in [-0.05, 0) is 144 Å². The Labute approximate surface area is 355 Å². The van der Waals surface area contributed by atoms with Crippen LogP contribution in [0.3, 0.4) is 0 Å². The number of ether oxygens (including phenoxy) is 3. The van der Waals surface area contributed by atoms with Crippen molar-refractivity contribution in [1.29, 1.82) is 0 Å². The molecule has 59 heavy (non-hydrogen) atoms. The van der Waals surface area contributed by atoms with Crippen LogP contribution in [0.2, 0.25) is 0 Å². The van der Waals surface area contributed by atoms with Crippen LogP contribution in [-0.4, -0.2) is 12.2 Å². The summed E-state index contributed by atoms with van der Waals surface area (Å²) in [4.78, 5) is 0. The van der Waals surface area contributed by atoms with Gasteiger partial charge in [0.05, 0.1) is 12.2 Å². The number of benzene rings is 6. The summed E-state index contributed by atoms with van der Waals surface area (Å²) in [5.74, 6) is 3.33. The first-order valence-corrected chi connectivity index (χ1v) is 22.2. The molecule has 0 fully saturated rings. The van der Waals surface area contributed by atoms with E-state index in [0.29, 0.717) is 0 Å². The second kappa shape index (κ2) is 20.2. The molecule has 0 spiro atoms. The van der Waals surface area contributed by atoms with E-state index in [0.717, 1.165) is 74.4 Å². The molecule has 3 nitrogen and oxygen atoms in total. The molecular weight excluding hydrogens is 721 g/mol. The average molecular weight is 787 g/mol. The molecule has 308 valence electrons. The lowest BCUT2D eigenvalue weighted by molar-refractivity contribution is -0.0840. The van der Waals surface area contributed by atoms with Crippen molar-refractivity contribution in [2.75, 3.05) is 0 Å². The lowest BCUT2D eigenvalue weighted by Gasteiger charge is -2.45. The van der Waals surface area contributed by atoms with E-state index in [4.69, 9.17) is 14.2 Å². The highest BCUT2D eigenvalue weighted by atomic mass is 16.5. The highest BCUT2D eigenvalue weighted by Gasteiger charge is 2.43. The Morgan fingerprint density at radius 3 is 1.12 bits per heavy atom. The Hall–Kier alpha value is -5.12. The van der Waals surface area contributed by atoms with Gasteiger partial charge in [0.1, 0.15) is 23.0 Å². The number of hydrogen-bond donors (Lipinski definition) is 0. The first-order valence-electron chi connectivity index (χ1n) is 22.2. The molecule has 6 rings (SSSR count). The lowest BCUT2D eigenvalue weighted by Crippen LogP contribution is -2.48. The van der Waals surface area contributed by atoms with Crippen molar-refractivity contribution in [2.24, 2.45) is 0 Å². The van der Waals surface area contributed by atoms with E-state index in [1.807, 2.05) is 60.7 Å². The third kappa shape index (κ3) is 10.4. The van der Waals surface area contributed by atoms with E-state index in [9.17, 15) is 0 Å². The number of para-hydroxylation sites is 2. The zero-order valence-electron chi connectivity index (χ0n) is 36.9. The molecule has 0 aliphatic heterocycles. The van der Waals surface area contributed by atoms with Crippen LogP contribution in [0.5, 0.6) is 23.0 Å². The molecule has 0 aliphatic rings. The molecule has 0 saturated carbocycles. The molecule has 3 heteroatoms. The number of rotatable bonds is 20. The summed E-state index contributed by atoms with van der Waals surface area (Å²) >= 11 is 0. The normalized spacial score (nSPS) is 14.5. The Morgan fingerprint density at radius 1 is 0.390 bits per heavy atom. The minimum absolute atomic E-state index is 0.156. The van der Waals surface area contributed by atoms with Gasteiger partial charge in [-0.3, -0.25) is 0 Å². The van der Waals surface area contributed by atoms with Crippen molar-refractivity contribution in [2.45, 2.75) is 130 Å². The molecule has 4 atom stereocenters. The first-order chi connectivity index (χ1) is 28.7. The molecule has 4 unspecified atom stereocenters. The van der Waals surface area contributed by atoms with E-state index in [-0.39, 0.29) is 23.0 Å². The minimum Gasteiger partial charge on any atom is -0.457 e. The van der Waals surface area contributed by atoms with Gasteiger partial charge in [0, 0.05) is 10.8 Å². The van der Waals surface area contributed by atoms with Crippen molar-refractivity contribution >= 4 is 0 Å². The largest absolute Gasteiger partial charge is 0.457 e. The summed E-state index contributed by atoms with van der Waals surface area (Å²) < 4.78 is 20.7. The average Bonchev–Trinajstić information content (AvgIpc) is 3.28. The van der Waals surface area contributed by atoms with E-state index >= 15 is 0 Å². The van der Waals surface area contributed by atoms with Crippen molar-refractivity contribution in [3.05, 3.63) is 190 Å². The Morgan fingerprint density at radius 2 is 0.763 bits per heavy atom. The second-order valence-corrected chi connectivity index (χ2v) is 16.6. The minimum atomic E-state index is -0.293. The molecule has 0 aliphatic carbocycles. The molecule has 0 heterocycles. The van der Waals surface area contributed by atoms with Gasteiger partial charge < -0.3 is 14.2 Å². The van der Waals surface area contributed by atoms with Gasteiger partial charge in [-0.15, -0.1) is 0 Å². The van der Waals surface area contributed by atoms with Gasteiger partial charge >= 0.3 is 0 Å². The van der Waals surface area contributed by atoms with Crippen LogP contribution in [0, 0.1) is 0 Å². The quantitative estimate of drug-likeness (QED) is 0.0771. The molecule has 0 N–H and O–H groups in total. The standard InChI is InChI=1S/C56H66O3/c1-9-43-31-33-47(39-45(43)11-3)55(7,13-5)53(37-41-23-21-29-51(35-41)57-49-25-17-15-18-26-49)59-54(56(8,14-6)48-34-32-44(10-2)46(12-4)40-48)38-42-24-22-30-52(36-42)58-50-27-19-16-20-28-50/h15-36,39-40,53-54H,9-14,37-38H2,1-8H3. The molecule has 0 bridgehead atoms. The van der Waals surface area contributed by atoms with Crippen molar-refractivity contribution in [1.82, 2.24) is 0 Å². The van der Waals surface area contributed by atoms with Crippen LogP contribution in [-0.2, 0) is 54.1 Å². The predicted molar refractivity (Wildman–Crippen MR) is 248 cm³/mol. The van der Waals surface area contributed by atoms with Crippen LogP contribution < -0.4 is 9.47 Å². The van der Waals surface area contributed by atoms with Gasteiger partial charge in [0.2, 0.25) is 0 Å². The first kappa shape index (κ1) is 43.5. The summed E-state index contributed by atoms with van der Waals surface area (Å²) in [6.45, 7) is 18.6. The second-order valence-electron chi connectivity index (χ2n) is 16.6. The Balaban J connectivity index is 1.48. The monoisotopic (exact) mass is 787 g/mol. The van der Waals surface area contributed by atoms with E-state index in [1.54, 1.807) is 0 Å². The Kier molecular flexibility index (Phi) is 14.9. The molecule has 6 aromatic rings. The van der Waals surface area contributed by atoms with Crippen molar-refractivity contribution < 1.29 is 14.2 Å². The predicted octanol–water partition coefficient (Wildman–Crippen LogP) is 14.8. The topological polar surface area (TPSA) is 27.7 Å². The van der Waals surface area contributed by atoms with Crippen molar-refractivity contribution in [3.63, 3.8) is 0 Å². The maximum Gasteiger partial charge on any atom is 0.127 e. The van der Waals surface area contributed by atoms with Crippen LogP contribution >= 0.6 is 0 Å². The van der Waals surface area contributed by atoms with Gasteiger partial charge in [-0.25, -0.2) is 0 Å². The lowest BCUT2D eigenvalue weighted by atomic mass is 9.70. The van der Waals surface area contributed by atoms with Crippen LogP contribution in [0.4, 0.5) is 0 Å². The third-order valence-electron chi connectivity index (χ3n) is 13.1. The van der Waals surface area contributed by atoms with Gasteiger partial charge in [-0.2, -0.15) is 0 Å². The van der Waals surface area contributed by atoms with Gasteiger partial charge in [0.15, 0.2) is 0 Å². The van der Waals surface area contributed by atoms with E-state index in [2.05, 4.69) is 140 Å². The highest BCUT2D eigenvalue weighted by molar-refractivity contribution is 5.41. The molecule has 6 aromatic carbocycles. The van der Waals surface area contributed by atoms with Crippen LogP contribution in [0.1, 0.15) is 113 Å². The summed E-state index contributed by atoms with van der Waals surface area (Å²) in [6, 6.07) is 51.7.